The van der Waals surface area contributed by atoms with Crippen LogP contribution in [0.5, 0.6) is 0 Å². The zero-order valence-electron chi connectivity index (χ0n) is 6.82. The van der Waals surface area contributed by atoms with Crippen molar-refractivity contribution in [3.05, 3.63) is 0 Å². The van der Waals surface area contributed by atoms with Gasteiger partial charge >= 0.3 is 0 Å². The standard InChI is InChI=1S/C9H17N/c1-9-5-2-4-8(9)10-7-3-6-9/h8,10H,2-7H2,1H3. The zero-order valence-corrected chi connectivity index (χ0v) is 6.82. The second-order valence-electron chi connectivity index (χ2n) is 4.16. The number of hydrogen-bond acceptors (Lipinski definition) is 1. The first-order valence-corrected chi connectivity index (χ1v) is 4.55. The van der Waals surface area contributed by atoms with Crippen molar-refractivity contribution < 1.29 is 0 Å². The van der Waals surface area contributed by atoms with Crippen LogP contribution in [0.1, 0.15) is 39.0 Å². The van der Waals surface area contributed by atoms with Gasteiger partial charge in [-0.2, -0.15) is 0 Å². The van der Waals surface area contributed by atoms with E-state index >= 15 is 0 Å². The molecule has 1 aliphatic carbocycles. The molecule has 2 aliphatic rings. The average Bonchev–Trinajstić information content (AvgIpc) is 2.29. The molecule has 10 heavy (non-hydrogen) atoms. The summed E-state index contributed by atoms with van der Waals surface area (Å²) < 4.78 is 0. The van der Waals surface area contributed by atoms with E-state index in [0.29, 0.717) is 5.41 Å². The Morgan fingerprint density at radius 3 is 2.90 bits per heavy atom. The quantitative estimate of drug-likeness (QED) is 0.540. The molecule has 1 saturated carbocycles. The molecule has 1 heterocycles. The zero-order chi connectivity index (χ0) is 7.03. The van der Waals surface area contributed by atoms with E-state index in [9.17, 15) is 0 Å². The molecule has 1 aliphatic heterocycles. The van der Waals surface area contributed by atoms with Crippen molar-refractivity contribution in [2.24, 2.45) is 5.41 Å². The molecule has 1 saturated heterocycles. The highest BCUT2D eigenvalue weighted by atomic mass is 15.0. The Balaban J connectivity index is 2.10. The van der Waals surface area contributed by atoms with E-state index in [2.05, 4.69) is 12.2 Å². The van der Waals surface area contributed by atoms with Crippen molar-refractivity contribution in [2.45, 2.75) is 45.1 Å². The third-order valence-electron chi connectivity index (χ3n) is 3.40. The summed E-state index contributed by atoms with van der Waals surface area (Å²) in [7, 11) is 0. The largest absolute Gasteiger partial charge is 0.313 e. The first-order valence-electron chi connectivity index (χ1n) is 4.55. The van der Waals surface area contributed by atoms with Gasteiger partial charge in [0.25, 0.3) is 0 Å². The van der Waals surface area contributed by atoms with Crippen LogP contribution in [0.2, 0.25) is 0 Å². The summed E-state index contributed by atoms with van der Waals surface area (Å²) in [5, 5.41) is 3.62. The van der Waals surface area contributed by atoms with Crippen molar-refractivity contribution in [3.63, 3.8) is 0 Å². The van der Waals surface area contributed by atoms with Crippen molar-refractivity contribution in [1.82, 2.24) is 5.32 Å². The van der Waals surface area contributed by atoms with Crippen LogP contribution in [0.15, 0.2) is 0 Å². The molecular formula is C9H17N. The molecule has 2 unspecified atom stereocenters. The Hall–Kier alpha value is -0.0400. The lowest BCUT2D eigenvalue weighted by Gasteiger charge is -2.36. The highest BCUT2D eigenvalue weighted by Gasteiger charge is 2.39. The number of nitrogens with one attached hydrogen (secondary N) is 1. The van der Waals surface area contributed by atoms with Crippen LogP contribution >= 0.6 is 0 Å². The minimum absolute atomic E-state index is 0.679. The smallest absolute Gasteiger partial charge is 0.0121 e. The molecule has 0 bridgehead atoms. The molecule has 58 valence electrons. The second kappa shape index (κ2) is 2.23. The van der Waals surface area contributed by atoms with E-state index in [0.717, 1.165) is 6.04 Å². The first-order chi connectivity index (χ1) is 4.81. The van der Waals surface area contributed by atoms with Gasteiger partial charge in [-0.05, 0) is 37.6 Å². The Kier molecular flexibility index (Phi) is 1.48. The van der Waals surface area contributed by atoms with E-state index < -0.39 is 0 Å². The Morgan fingerprint density at radius 1 is 1.30 bits per heavy atom. The molecule has 2 rings (SSSR count). The maximum absolute atomic E-state index is 3.62. The van der Waals surface area contributed by atoms with E-state index in [-0.39, 0.29) is 0 Å². The fraction of sp³-hybridized carbons (Fsp3) is 1.00. The molecule has 1 heteroatoms. The summed E-state index contributed by atoms with van der Waals surface area (Å²) in [4.78, 5) is 0. The molecule has 2 atom stereocenters. The summed E-state index contributed by atoms with van der Waals surface area (Å²) in [5.41, 5.74) is 0.679. The first kappa shape index (κ1) is 6.66. The molecule has 0 aromatic rings. The van der Waals surface area contributed by atoms with Gasteiger partial charge < -0.3 is 5.32 Å². The van der Waals surface area contributed by atoms with Gasteiger partial charge in [-0.15, -0.1) is 0 Å². The van der Waals surface area contributed by atoms with Gasteiger partial charge in [-0.25, -0.2) is 0 Å². The van der Waals surface area contributed by atoms with Gasteiger partial charge in [0.05, 0.1) is 0 Å². The van der Waals surface area contributed by atoms with Crippen molar-refractivity contribution >= 4 is 0 Å². The van der Waals surface area contributed by atoms with Gasteiger partial charge in [0, 0.05) is 6.04 Å². The lowest BCUT2D eigenvalue weighted by molar-refractivity contribution is 0.191. The number of hydrogen-bond donors (Lipinski definition) is 1. The van der Waals surface area contributed by atoms with Crippen LogP contribution in [0, 0.1) is 5.41 Å². The fourth-order valence-corrected chi connectivity index (χ4v) is 2.65. The van der Waals surface area contributed by atoms with Crippen LogP contribution < -0.4 is 5.32 Å². The average molecular weight is 139 g/mol. The van der Waals surface area contributed by atoms with Gasteiger partial charge in [0.2, 0.25) is 0 Å². The molecular weight excluding hydrogens is 122 g/mol. The van der Waals surface area contributed by atoms with Crippen molar-refractivity contribution in [1.29, 1.82) is 0 Å². The third kappa shape index (κ3) is 0.878. The summed E-state index contributed by atoms with van der Waals surface area (Å²) in [6.07, 6.45) is 7.20. The normalized spacial score (nSPS) is 47.1. The van der Waals surface area contributed by atoms with Gasteiger partial charge in [-0.1, -0.05) is 13.3 Å². The second-order valence-corrected chi connectivity index (χ2v) is 4.16. The van der Waals surface area contributed by atoms with Crippen molar-refractivity contribution in [3.8, 4) is 0 Å². The molecule has 0 amide bonds. The van der Waals surface area contributed by atoms with E-state index in [4.69, 9.17) is 0 Å². The van der Waals surface area contributed by atoms with Crippen LogP contribution in [-0.4, -0.2) is 12.6 Å². The third-order valence-corrected chi connectivity index (χ3v) is 3.40. The van der Waals surface area contributed by atoms with Crippen LogP contribution in [0.25, 0.3) is 0 Å². The number of fused-ring (bicyclic) bond motifs is 1. The van der Waals surface area contributed by atoms with E-state index in [1.807, 2.05) is 0 Å². The maximum atomic E-state index is 3.62. The summed E-state index contributed by atoms with van der Waals surface area (Å²) in [6, 6.07) is 0.862. The van der Waals surface area contributed by atoms with E-state index in [1.165, 1.54) is 38.6 Å². The maximum Gasteiger partial charge on any atom is 0.0121 e. The topological polar surface area (TPSA) is 12.0 Å². The summed E-state index contributed by atoms with van der Waals surface area (Å²) >= 11 is 0. The number of rotatable bonds is 0. The Bertz CT molecular complexity index is 133. The van der Waals surface area contributed by atoms with Gasteiger partial charge in [-0.3, -0.25) is 0 Å². The van der Waals surface area contributed by atoms with Gasteiger partial charge in [0.1, 0.15) is 0 Å². The molecule has 0 aromatic heterocycles. The molecule has 0 radical (unpaired) electrons. The molecule has 1 nitrogen and oxygen atoms in total. The van der Waals surface area contributed by atoms with Crippen LogP contribution in [0.4, 0.5) is 0 Å². The van der Waals surface area contributed by atoms with Gasteiger partial charge in [0.15, 0.2) is 0 Å². The molecule has 1 N–H and O–H groups in total. The minimum atomic E-state index is 0.679. The number of piperidine rings is 1. The predicted octanol–water partition coefficient (Wildman–Crippen LogP) is 1.93. The molecule has 0 aromatic carbocycles. The highest BCUT2D eigenvalue weighted by Crippen LogP contribution is 2.43. The lowest BCUT2D eigenvalue weighted by atomic mass is 9.78. The fourth-order valence-electron chi connectivity index (χ4n) is 2.65. The lowest BCUT2D eigenvalue weighted by Crippen LogP contribution is -2.44. The predicted molar refractivity (Wildman–Crippen MR) is 43.0 cm³/mol. The monoisotopic (exact) mass is 139 g/mol. The highest BCUT2D eigenvalue weighted by molar-refractivity contribution is 4.95. The Labute approximate surface area is 63.2 Å². The van der Waals surface area contributed by atoms with E-state index in [1.54, 1.807) is 0 Å². The van der Waals surface area contributed by atoms with Crippen LogP contribution in [0.3, 0.4) is 0 Å². The molecule has 2 fully saturated rings. The minimum Gasteiger partial charge on any atom is -0.313 e. The SMILES string of the molecule is CC12CCCNC1CCC2. The summed E-state index contributed by atoms with van der Waals surface area (Å²) in [6.45, 7) is 3.72. The van der Waals surface area contributed by atoms with Crippen molar-refractivity contribution in [2.75, 3.05) is 6.54 Å². The van der Waals surface area contributed by atoms with Crippen LogP contribution in [-0.2, 0) is 0 Å². The summed E-state index contributed by atoms with van der Waals surface area (Å²) in [5.74, 6) is 0. The molecule has 0 spiro atoms. The Morgan fingerprint density at radius 2 is 2.10 bits per heavy atom.